The molecule has 0 radical (unpaired) electrons. The van der Waals surface area contributed by atoms with Crippen molar-refractivity contribution in [3.63, 3.8) is 0 Å². The monoisotopic (exact) mass is 296 g/mol. The zero-order chi connectivity index (χ0) is 15.0. The molecular weight excluding hydrogens is 272 g/mol. The molecule has 1 heterocycles. The molecule has 1 aromatic rings. The van der Waals surface area contributed by atoms with E-state index in [9.17, 15) is 4.79 Å². The van der Waals surface area contributed by atoms with Crippen molar-refractivity contribution in [3.05, 3.63) is 22.4 Å². The Morgan fingerprint density at radius 3 is 2.75 bits per heavy atom. The third-order valence-corrected chi connectivity index (χ3v) is 3.60. The zero-order valence-corrected chi connectivity index (χ0v) is 13.5. The molecule has 0 aromatic carbocycles. The van der Waals surface area contributed by atoms with E-state index in [0.717, 1.165) is 13.1 Å². The van der Waals surface area contributed by atoms with Crippen LogP contribution >= 0.6 is 11.3 Å². The fourth-order valence-electron chi connectivity index (χ4n) is 1.55. The van der Waals surface area contributed by atoms with Crippen LogP contribution in [0.2, 0.25) is 0 Å². The van der Waals surface area contributed by atoms with Crippen LogP contribution in [0, 0.1) is 0 Å². The summed E-state index contributed by atoms with van der Waals surface area (Å²) in [7, 11) is 3.47. The van der Waals surface area contributed by atoms with E-state index >= 15 is 0 Å². The number of guanidine groups is 1. The number of amides is 1. The maximum absolute atomic E-state index is 11.5. The van der Waals surface area contributed by atoms with Crippen LogP contribution in [0.4, 0.5) is 0 Å². The third kappa shape index (κ3) is 5.61. The number of thiophene rings is 1. The Hall–Kier alpha value is -1.56. The molecule has 2 N–H and O–H groups in total. The van der Waals surface area contributed by atoms with Gasteiger partial charge in [0.1, 0.15) is 6.54 Å². The molecule has 1 unspecified atom stereocenters. The molecule has 5 nitrogen and oxygen atoms in total. The van der Waals surface area contributed by atoms with E-state index in [2.05, 4.69) is 39.4 Å². The van der Waals surface area contributed by atoms with Crippen LogP contribution in [-0.4, -0.2) is 50.5 Å². The van der Waals surface area contributed by atoms with Gasteiger partial charge in [-0.3, -0.25) is 4.79 Å². The van der Waals surface area contributed by atoms with E-state index in [1.54, 1.807) is 30.3 Å². The van der Waals surface area contributed by atoms with E-state index < -0.39 is 0 Å². The lowest BCUT2D eigenvalue weighted by Gasteiger charge is -2.15. The molecule has 1 atom stereocenters. The largest absolute Gasteiger partial charge is 0.357 e. The number of rotatable bonds is 6. The van der Waals surface area contributed by atoms with E-state index in [1.807, 2.05) is 6.92 Å². The SMILES string of the molecule is CCNC(=NCC(=O)N(C)C)NCC(C)c1ccsc1. The summed E-state index contributed by atoms with van der Waals surface area (Å²) < 4.78 is 0. The van der Waals surface area contributed by atoms with E-state index in [1.165, 1.54) is 5.56 Å². The molecule has 0 fully saturated rings. The first-order valence-corrected chi connectivity index (χ1v) is 7.73. The van der Waals surface area contributed by atoms with Crippen molar-refractivity contribution < 1.29 is 4.79 Å². The van der Waals surface area contributed by atoms with E-state index in [-0.39, 0.29) is 12.5 Å². The summed E-state index contributed by atoms with van der Waals surface area (Å²) in [5.41, 5.74) is 1.32. The van der Waals surface area contributed by atoms with Crippen LogP contribution in [0.1, 0.15) is 25.3 Å². The second kappa shape index (κ2) is 8.58. The zero-order valence-electron chi connectivity index (χ0n) is 12.6. The highest BCUT2D eigenvalue weighted by molar-refractivity contribution is 7.07. The molecule has 0 aliphatic carbocycles. The van der Waals surface area contributed by atoms with Crippen molar-refractivity contribution in [1.82, 2.24) is 15.5 Å². The average molecular weight is 296 g/mol. The first kappa shape index (κ1) is 16.5. The molecular formula is C14H24N4OS. The van der Waals surface area contributed by atoms with E-state index in [0.29, 0.717) is 11.9 Å². The molecule has 1 aromatic heterocycles. The molecule has 0 saturated carbocycles. The standard InChI is InChI=1S/C14H24N4OS/c1-5-15-14(17-9-13(19)18(3)4)16-8-11(2)12-6-7-20-10-12/h6-7,10-11H,5,8-9H2,1-4H3,(H2,15,16,17). The summed E-state index contributed by atoms with van der Waals surface area (Å²) in [6, 6.07) is 2.14. The fourth-order valence-corrected chi connectivity index (χ4v) is 2.34. The summed E-state index contributed by atoms with van der Waals surface area (Å²) >= 11 is 1.71. The van der Waals surface area contributed by atoms with Gasteiger partial charge in [0.25, 0.3) is 0 Å². The lowest BCUT2D eigenvalue weighted by atomic mass is 10.1. The second-order valence-electron chi connectivity index (χ2n) is 4.82. The minimum Gasteiger partial charge on any atom is -0.357 e. The molecule has 0 saturated heterocycles. The van der Waals surface area contributed by atoms with Crippen LogP contribution < -0.4 is 10.6 Å². The number of nitrogens with zero attached hydrogens (tertiary/aromatic N) is 2. The van der Waals surface area contributed by atoms with Gasteiger partial charge in [0.15, 0.2) is 5.96 Å². The smallest absolute Gasteiger partial charge is 0.243 e. The van der Waals surface area contributed by atoms with Crippen molar-refractivity contribution in [1.29, 1.82) is 0 Å². The number of hydrogen-bond acceptors (Lipinski definition) is 3. The maximum atomic E-state index is 11.5. The van der Waals surface area contributed by atoms with Gasteiger partial charge < -0.3 is 15.5 Å². The molecule has 20 heavy (non-hydrogen) atoms. The predicted octanol–water partition coefficient (Wildman–Crippen LogP) is 1.49. The number of hydrogen-bond donors (Lipinski definition) is 2. The Morgan fingerprint density at radius 2 is 2.20 bits per heavy atom. The molecule has 1 amide bonds. The number of carbonyl (C=O) groups is 1. The van der Waals surface area contributed by atoms with Gasteiger partial charge in [-0.05, 0) is 35.2 Å². The van der Waals surface area contributed by atoms with Gasteiger partial charge in [-0.1, -0.05) is 6.92 Å². The van der Waals surface area contributed by atoms with Gasteiger partial charge in [0, 0.05) is 27.2 Å². The highest BCUT2D eigenvalue weighted by Gasteiger charge is 2.08. The Kier molecular flexibility index (Phi) is 7.08. The number of nitrogens with one attached hydrogen (secondary N) is 2. The molecule has 0 bridgehead atoms. The second-order valence-corrected chi connectivity index (χ2v) is 5.60. The lowest BCUT2D eigenvalue weighted by Crippen LogP contribution is -2.40. The van der Waals surface area contributed by atoms with Gasteiger partial charge in [-0.2, -0.15) is 11.3 Å². The Labute approximate surface area is 125 Å². The molecule has 6 heteroatoms. The van der Waals surface area contributed by atoms with Crippen molar-refractivity contribution in [3.8, 4) is 0 Å². The summed E-state index contributed by atoms with van der Waals surface area (Å²) in [6.07, 6.45) is 0. The Morgan fingerprint density at radius 1 is 1.45 bits per heavy atom. The lowest BCUT2D eigenvalue weighted by molar-refractivity contribution is -0.127. The summed E-state index contributed by atoms with van der Waals surface area (Å²) in [5, 5.41) is 10.7. The highest BCUT2D eigenvalue weighted by Crippen LogP contribution is 2.16. The minimum absolute atomic E-state index is 0.00640. The minimum atomic E-state index is -0.00640. The normalized spacial score (nSPS) is 12.9. The van der Waals surface area contributed by atoms with Crippen LogP contribution in [0.15, 0.2) is 21.8 Å². The molecule has 0 aliphatic heterocycles. The van der Waals surface area contributed by atoms with Crippen LogP contribution in [0.5, 0.6) is 0 Å². The molecule has 1 rings (SSSR count). The van der Waals surface area contributed by atoms with E-state index in [4.69, 9.17) is 0 Å². The predicted molar refractivity (Wildman–Crippen MR) is 85.4 cm³/mol. The Bertz CT molecular complexity index is 428. The van der Waals surface area contributed by atoms with Crippen LogP contribution in [-0.2, 0) is 4.79 Å². The van der Waals surface area contributed by atoms with Gasteiger partial charge in [0.2, 0.25) is 5.91 Å². The number of aliphatic imine (C=N–C) groups is 1. The molecule has 0 aliphatic rings. The van der Waals surface area contributed by atoms with Crippen molar-refractivity contribution in [2.45, 2.75) is 19.8 Å². The number of carbonyl (C=O) groups excluding carboxylic acids is 1. The van der Waals surface area contributed by atoms with Crippen LogP contribution in [0.25, 0.3) is 0 Å². The van der Waals surface area contributed by atoms with Crippen molar-refractivity contribution >= 4 is 23.2 Å². The first-order valence-electron chi connectivity index (χ1n) is 6.79. The average Bonchev–Trinajstić information content (AvgIpc) is 2.95. The van der Waals surface area contributed by atoms with Gasteiger partial charge in [-0.15, -0.1) is 0 Å². The van der Waals surface area contributed by atoms with Crippen LogP contribution in [0.3, 0.4) is 0 Å². The first-order chi connectivity index (χ1) is 9.54. The van der Waals surface area contributed by atoms with Gasteiger partial charge in [-0.25, -0.2) is 4.99 Å². The summed E-state index contributed by atoms with van der Waals surface area (Å²) in [5.74, 6) is 1.09. The fraction of sp³-hybridized carbons (Fsp3) is 0.571. The summed E-state index contributed by atoms with van der Waals surface area (Å²) in [4.78, 5) is 17.4. The van der Waals surface area contributed by atoms with Gasteiger partial charge in [0.05, 0.1) is 0 Å². The maximum Gasteiger partial charge on any atom is 0.243 e. The highest BCUT2D eigenvalue weighted by atomic mass is 32.1. The topological polar surface area (TPSA) is 56.7 Å². The van der Waals surface area contributed by atoms with Gasteiger partial charge >= 0.3 is 0 Å². The summed E-state index contributed by atoms with van der Waals surface area (Å²) in [6.45, 7) is 5.90. The quantitative estimate of drug-likeness (QED) is 0.618. The molecule has 0 spiro atoms. The Balaban J connectivity index is 2.50. The number of likely N-dealkylation sites (N-methyl/N-ethyl adjacent to an activating group) is 1. The van der Waals surface area contributed by atoms with Crippen molar-refractivity contribution in [2.75, 3.05) is 33.7 Å². The van der Waals surface area contributed by atoms with Crippen molar-refractivity contribution in [2.24, 2.45) is 4.99 Å². The molecule has 112 valence electrons. The third-order valence-electron chi connectivity index (χ3n) is 2.90.